The minimum atomic E-state index is 0.657. The van der Waals surface area contributed by atoms with Crippen molar-refractivity contribution in [3.63, 3.8) is 0 Å². The van der Waals surface area contributed by atoms with Crippen LogP contribution in [0, 0.1) is 0 Å². The predicted molar refractivity (Wildman–Crippen MR) is 170 cm³/mol. The fourth-order valence-corrected chi connectivity index (χ4v) is 6.65. The van der Waals surface area contributed by atoms with Gasteiger partial charge in [0.1, 0.15) is 0 Å². The Balaban J connectivity index is 1.17. The highest BCUT2D eigenvalue weighted by Crippen LogP contribution is 2.37. The monoisotopic (exact) mass is 544 g/mol. The number of benzene rings is 4. The molecule has 0 bridgehead atoms. The van der Waals surface area contributed by atoms with Crippen molar-refractivity contribution in [2.24, 2.45) is 0 Å². The Hall–Kier alpha value is -5.00. The van der Waals surface area contributed by atoms with Crippen LogP contribution >= 0.6 is 11.3 Å². The van der Waals surface area contributed by atoms with Crippen molar-refractivity contribution in [1.29, 1.82) is 0 Å². The molecule has 0 amide bonds. The average molecular weight is 545 g/mol. The number of hydrogen-bond acceptors (Lipinski definition) is 5. The highest BCUT2D eigenvalue weighted by Gasteiger charge is 2.16. The van der Waals surface area contributed by atoms with Crippen molar-refractivity contribution in [3.05, 3.63) is 126 Å². The fraction of sp³-hybridized carbons (Fsp3) is 0.0556. The third-order valence-corrected chi connectivity index (χ3v) is 8.72. The van der Waals surface area contributed by atoms with Gasteiger partial charge in [0.2, 0.25) is 0 Å². The van der Waals surface area contributed by atoms with Gasteiger partial charge in [-0.3, -0.25) is 0 Å². The molecule has 1 aliphatic rings. The molecule has 194 valence electrons. The third kappa shape index (κ3) is 4.41. The van der Waals surface area contributed by atoms with E-state index in [1.807, 2.05) is 72.0 Å². The first-order chi connectivity index (χ1) is 20.3. The first-order valence-electron chi connectivity index (χ1n) is 13.8. The van der Waals surface area contributed by atoms with Crippen LogP contribution in [0.5, 0.6) is 0 Å². The van der Waals surface area contributed by atoms with Gasteiger partial charge in [-0.2, -0.15) is 0 Å². The summed E-state index contributed by atoms with van der Waals surface area (Å²) in [6.07, 6.45) is 6.69. The zero-order valence-electron chi connectivity index (χ0n) is 22.2. The maximum absolute atomic E-state index is 5.06. The van der Waals surface area contributed by atoms with Crippen molar-refractivity contribution >= 4 is 38.5 Å². The minimum Gasteiger partial charge on any atom is -0.247 e. The van der Waals surface area contributed by atoms with Crippen LogP contribution < -0.4 is 0 Å². The lowest BCUT2D eigenvalue weighted by atomic mass is 10.0. The van der Waals surface area contributed by atoms with Gasteiger partial charge in [-0.05, 0) is 53.8 Å². The molecule has 0 N–H and O–H groups in total. The summed E-state index contributed by atoms with van der Waals surface area (Å²) in [5.74, 6) is 1.99. The molecule has 4 aromatic carbocycles. The van der Waals surface area contributed by atoms with E-state index >= 15 is 0 Å². The van der Waals surface area contributed by atoms with Crippen molar-refractivity contribution < 1.29 is 0 Å². The first-order valence-corrected chi connectivity index (χ1v) is 14.6. The molecule has 8 rings (SSSR count). The second kappa shape index (κ2) is 9.88. The minimum absolute atomic E-state index is 0.657. The van der Waals surface area contributed by atoms with Gasteiger partial charge >= 0.3 is 0 Å². The molecule has 1 aliphatic carbocycles. The van der Waals surface area contributed by atoms with E-state index in [2.05, 4.69) is 60.7 Å². The van der Waals surface area contributed by atoms with Gasteiger partial charge in [-0.25, -0.2) is 19.9 Å². The quantitative estimate of drug-likeness (QED) is 0.222. The lowest BCUT2D eigenvalue weighted by Gasteiger charge is -2.09. The standard InChI is InChI=1S/C36H24N4S/c1-3-9-24(10-4-1)34-38-35(25-11-5-2-6-12-25)40-36(39-34)26-17-15-23(16-18-26)27-19-20-30-28(21-27)22-32-33(37-30)29-13-7-8-14-31(29)41-32/h1-6,8-12,14-22H,7,13H2. The smallest absolute Gasteiger partial charge is 0.164 e. The first kappa shape index (κ1) is 23.9. The van der Waals surface area contributed by atoms with E-state index in [0.29, 0.717) is 17.5 Å². The Morgan fingerprint density at radius 2 is 1.12 bits per heavy atom. The zero-order valence-corrected chi connectivity index (χ0v) is 23.0. The summed E-state index contributed by atoms with van der Waals surface area (Å²) < 4.78 is 1.26. The molecular formula is C36H24N4S. The molecule has 5 heteroatoms. The Kier molecular flexibility index (Phi) is 5.75. The molecule has 0 fully saturated rings. The number of nitrogens with zero attached hydrogens (tertiary/aromatic N) is 4. The summed E-state index contributed by atoms with van der Waals surface area (Å²) in [6.45, 7) is 0. The molecule has 4 nitrogen and oxygen atoms in total. The molecule has 41 heavy (non-hydrogen) atoms. The molecular weight excluding hydrogens is 520 g/mol. The van der Waals surface area contributed by atoms with E-state index < -0.39 is 0 Å². The van der Waals surface area contributed by atoms with Crippen LogP contribution in [-0.2, 0) is 6.42 Å². The average Bonchev–Trinajstić information content (AvgIpc) is 3.41. The summed E-state index contributed by atoms with van der Waals surface area (Å²) in [6, 6.07) is 37.5. The Morgan fingerprint density at radius 3 is 1.78 bits per heavy atom. The van der Waals surface area contributed by atoms with Crippen molar-refractivity contribution in [1.82, 2.24) is 19.9 Å². The molecule has 0 atom stereocenters. The number of allylic oxidation sites excluding steroid dienone is 1. The van der Waals surface area contributed by atoms with Gasteiger partial charge in [0, 0.05) is 27.0 Å². The Bertz CT molecular complexity index is 2020. The van der Waals surface area contributed by atoms with Crippen molar-refractivity contribution in [2.45, 2.75) is 12.8 Å². The second-order valence-corrected chi connectivity index (χ2v) is 11.3. The van der Waals surface area contributed by atoms with Crippen LogP contribution in [0.3, 0.4) is 0 Å². The largest absolute Gasteiger partial charge is 0.247 e. The maximum atomic E-state index is 5.06. The molecule has 0 saturated carbocycles. The van der Waals surface area contributed by atoms with Crippen LogP contribution in [0.25, 0.3) is 72.5 Å². The van der Waals surface area contributed by atoms with E-state index in [1.165, 1.54) is 26.0 Å². The summed E-state index contributed by atoms with van der Waals surface area (Å²) >= 11 is 1.85. The van der Waals surface area contributed by atoms with E-state index in [9.17, 15) is 0 Å². The predicted octanol–water partition coefficient (Wildman–Crippen LogP) is 9.26. The SMILES string of the molecule is C1=Cc2sc3cc4cc(-c5ccc(-c6nc(-c7ccccc7)nc(-c7ccccc7)n6)cc5)ccc4nc3c2CC1. The molecule has 0 unspecified atom stereocenters. The van der Waals surface area contributed by atoms with E-state index in [-0.39, 0.29) is 0 Å². The number of fused-ring (bicyclic) bond motifs is 4. The summed E-state index contributed by atoms with van der Waals surface area (Å²) in [4.78, 5) is 21.0. The third-order valence-electron chi connectivity index (χ3n) is 7.59. The maximum Gasteiger partial charge on any atom is 0.164 e. The highest BCUT2D eigenvalue weighted by atomic mass is 32.1. The molecule has 0 spiro atoms. The lowest BCUT2D eigenvalue weighted by Crippen LogP contribution is -2.00. The summed E-state index contributed by atoms with van der Waals surface area (Å²) in [5, 5.41) is 1.17. The van der Waals surface area contributed by atoms with Gasteiger partial charge < -0.3 is 0 Å². The number of aromatic nitrogens is 4. The number of thiophene rings is 1. The van der Waals surface area contributed by atoms with Gasteiger partial charge in [0.25, 0.3) is 0 Å². The summed E-state index contributed by atoms with van der Waals surface area (Å²) in [5.41, 5.74) is 8.80. The second-order valence-electron chi connectivity index (χ2n) is 10.2. The highest BCUT2D eigenvalue weighted by molar-refractivity contribution is 7.20. The normalized spacial score (nSPS) is 12.6. The molecule has 0 radical (unpaired) electrons. The van der Waals surface area contributed by atoms with E-state index in [1.54, 1.807) is 0 Å². The van der Waals surface area contributed by atoms with Gasteiger partial charge in [-0.15, -0.1) is 11.3 Å². The van der Waals surface area contributed by atoms with Gasteiger partial charge in [0.05, 0.1) is 15.7 Å². The molecule has 7 aromatic rings. The Morgan fingerprint density at radius 1 is 0.537 bits per heavy atom. The number of hydrogen-bond donors (Lipinski definition) is 0. The number of pyridine rings is 1. The molecule has 0 saturated heterocycles. The molecule has 3 aromatic heterocycles. The van der Waals surface area contributed by atoms with Crippen LogP contribution in [0.4, 0.5) is 0 Å². The van der Waals surface area contributed by atoms with Gasteiger partial charge in [-0.1, -0.05) is 97.1 Å². The van der Waals surface area contributed by atoms with Crippen molar-refractivity contribution in [3.8, 4) is 45.3 Å². The number of aryl methyl sites for hydroxylation is 1. The van der Waals surface area contributed by atoms with E-state index in [0.717, 1.165) is 46.2 Å². The lowest BCUT2D eigenvalue weighted by molar-refractivity contribution is 1.00. The van der Waals surface area contributed by atoms with Crippen LogP contribution in [0.1, 0.15) is 16.9 Å². The van der Waals surface area contributed by atoms with Crippen molar-refractivity contribution in [2.75, 3.05) is 0 Å². The zero-order chi connectivity index (χ0) is 27.2. The van der Waals surface area contributed by atoms with Crippen LogP contribution in [-0.4, -0.2) is 19.9 Å². The van der Waals surface area contributed by atoms with Crippen LogP contribution in [0.15, 0.2) is 115 Å². The topological polar surface area (TPSA) is 51.6 Å². The fourth-order valence-electron chi connectivity index (χ4n) is 5.47. The van der Waals surface area contributed by atoms with Crippen LogP contribution in [0.2, 0.25) is 0 Å². The van der Waals surface area contributed by atoms with E-state index in [4.69, 9.17) is 19.9 Å². The number of rotatable bonds is 4. The Labute approximate surface area is 241 Å². The summed E-state index contributed by atoms with van der Waals surface area (Å²) in [7, 11) is 0. The molecule has 3 heterocycles. The van der Waals surface area contributed by atoms with Gasteiger partial charge in [0.15, 0.2) is 17.5 Å². The molecule has 0 aliphatic heterocycles.